The molecular weight excluding hydrogens is 252 g/mol. The third kappa shape index (κ3) is 3.54. The summed E-state index contributed by atoms with van der Waals surface area (Å²) in [5, 5.41) is 12.1. The van der Waals surface area contributed by atoms with Crippen LogP contribution in [0.25, 0.3) is 0 Å². The van der Waals surface area contributed by atoms with E-state index in [1.54, 1.807) is 11.8 Å². The van der Waals surface area contributed by atoms with Crippen LogP contribution in [0.15, 0.2) is 0 Å². The summed E-state index contributed by atoms with van der Waals surface area (Å²) in [4.78, 5) is 24.8. The van der Waals surface area contributed by atoms with Crippen LogP contribution in [0.4, 0.5) is 4.79 Å². The highest BCUT2D eigenvalue weighted by Gasteiger charge is 2.34. The number of urea groups is 1. The minimum Gasteiger partial charge on any atom is -0.480 e. The van der Waals surface area contributed by atoms with Gasteiger partial charge in [0.2, 0.25) is 0 Å². The molecule has 104 valence electrons. The standard InChI is InChI=1S/C12H22N2O3S/c1-4-12(3,5-2)13-11(17)14-6-7-18-8-9(14)10(15)16/h9H,4-8H2,1-3H3,(H,13,17)(H,15,16). The minimum absolute atomic E-state index is 0.256. The molecule has 1 heterocycles. The fraction of sp³-hybridized carbons (Fsp3) is 0.833. The third-order valence-corrected chi connectivity index (χ3v) is 4.67. The predicted octanol–water partition coefficient (Wildman–Crippen LogP) is 1.78. The first-order chi connectivity index (χ1) is 8.43. The Morgan fingerprint density at radius 1 is 1.44 bits per heavy atom. The van der Waals surface area contributed by atoms with Gasteiger partial charge in [-0.1, -0.05) is 13.8 Å². The number of carbonyl (C=O) groups excluding carboxylic acids is 1. The first-order valence-electron chi connectivity index (χ1n) is 6.33. The molecule has 1 aliphatic heterocycles. The summed E-state index contributed by atoms with van der Waals surface area (Å²) in [5.41, 5.74) is -0.259. The lowest BCUT2D eigenvalue weighted by atomic mass is 9.96. The summed E-state index contributed by atoms with van der Waals surface area (Å²) in [6, 6.07) is -0.962. The van der Waals surface area contributed by atoms with Crippen molar-refractivity contribution in [3.8, 4) is 0 Å². The molecule has 1 fully saturated rings. The maximum absolute atomic E-state index is 12.2. The molecule has 0 radical (unpaired) electrons. The molecule has 1 unspecified atom stereocenters. The van der Waals surface area contributed by atoms with E-state index in [2.05, 4.69) is 5.32 Å². The number of thioether (sulfide) groups is 1. The van der Waals surface area contributed by atoms with Crippen LogP contribution in [0.2, 0.25) is 0 Å². The smallest absolute Gasteiger partial charge is 0.327 e. The van der Waals surface area contributed by atoms with Crippen LogP contribution in [0.3, 0.4) is 0 Å². The number of nitrogens with one attached hydrogen (secondary N) is 1. The summed E-state index contributed by atoms with van der Waals surface area (Å²) in [6.45, 7) is 6.52. The lowest BCUT2D eigenvalue weighted by molar-refractivity contribution is -0.141. The first-order valence-corrected chi connectivity index (χ1v) is 7.48. The highest BCUT2D eigenvalue weighted by Crippen LogP contribution is 2.19. The van der Waals surface area contributed by atoms with Crippen LogP contribution in [0, 0.1) is 0 Å². The quantitative estimate of drug-likeness (QED) is 0.820. The van der Waals surface area contributed by atoms with Gasteiger partial charge in [0.05, 0.1) is 0 Å². The number of amides is 2. The van der Waals surface area contributed by atoms with Crippen molar-refractivity contribution in [2.45, 2.75) is 45.2 Å². The predicted molar refractivity (Wildman–Crippen MR) is 73.0 cm³/mol. The Morgan fingerprint density at radius 2 is 2.06 bits per heavy atom. The molecule has 0 saturated carbocycles. The number of hydrogen-bond acceptors (Lipinski definition) is 3. The number of carbonyl (C=O) groups is 2. The Hall–Kier alpha value is -0.910. The van der Waals surface area contributed by atoms with E-state index in [0.717, 1.165) is 18.6 Å². The second-order valence-electron chi connectivity index (χ2n) is 4.82. The molecule has 1 atom stereocenters. The zero-order valence-corrected chi connectivity index (χ0v) is 12.0. The van der Waals surface area contributed by atoms with Gasteiger partial charge in [0.1, 0.15) is 6.04 Å². The molecule has 1 saturated heterocycles. The molecule has 6 heteroatoms. The Bertz CT molecular complexity index is 318. The average molecular weight is 274 g/mol. The number of rotatable bonds is 4. The van der Waals surface area contributed by atoms with Gasteiger partial charge in [0.25, 0.3) is 0 Å². The first kappa shape index (κ1) is 15.1. The highest BCUT2D eigenvalue weighted by molar-refractivity contribution is 7.99. The number of aliphatic carboxylic acids is 1. The van der Waals surface area contributed by atoms with Crippen molar-refractivity contribution in [3.63, 3.8) is 0 Å². The maximum atomic E-state index is 12.2. The van der Waals surface area contributed by atoms with Crippen LogP contribution >= 0.6 is 11.8 Å². The Kier molecular flexibility index (Phi) is 5.31. The van der Waals surface area contributed by atoms with E-state index in [4.69, 9.17) is 5.11 Å². The molecule has 1 rings (SSSR count). The normalized spacial score (nSPS) is 20.6. The van der Waals surface area contributed by atoms with Crippen molar-refractivity contribution >= 4 is 23.8 Å². The van der Waals surface area contributed by atoms with Crippen LogP contribution in [0.5, 0.6) is 0 Å². The van der Waals surface area contributed by atoms with Gasteiger partial charge in [-0.25, -0.2) is 9.59 Å². The Morgan fingerprint density at radius 3 is 2.56 bits per heavy atom. The van der Waals surface area contributed by atoms with Crippen molar-refractivity contribution in [1.29, 1.82) is 0 Å². The molecule has 1 aliphatic rings. The molecule has 5 nitrogen and oxygen atoms in total. The summed E-state index contributed by atoms with van der Waals surface area (Å²) in [7, 11) is 0. The van der Waals surface area contributed by atoms with Gasteiger partial charge in [-0.15, -0.1) is 0 Å². The average Bonchev–Trinajstić information content (AvgIpc) is 2.38. The topological polar surface area (TPSA) is 69.6 Å². The van der Waals surface area contributed by atoms with E-state index in [-0.39, 0.29) is 11.6 Å². The molecule has 2 amide bonds. The zero-order valence-electron chi connectivity index (χ0n) is 11.2. The molecule has 0 aliphatic carbocycles. The lowest BCUT2D eigenvalue weighted by Gasteiger charge is -2.36. The second kappa shape index (κ2) is 6.31. The van der Waals surface area contributed by atoms with Gasteiger partial charge in [0.15, 0.2) is 0 Å². The third-order valence-electron chi connectivity index (χ3n) is 3.64. The Balaban J connectivity index is 2.72. The minimum atomic E-state index is -0.924. The van der Waals surface area contributed by atoms with Crippen molar-refractivity contribution in [3.05, 3.63) is 0 Å². The molecule has 0 aromatic rings. The highest BCUT2D eigenvalue weighted by atomic mass is 32.2. The van der Waals surface area contributed by atoms with E-state index in [1.807, 2.05) is 20.8 Å². The van der Waals surface area contributed by atoms with Crippen molar-refractivity contribution in [2.75, 3.05) is 18.1 Å². The molecule has 0 aromatic carbocycles. The summed E-state index contributed by atoms with van der Waals surface area (Å²) in [5.74, 6) is 0.344. The Labute approximate surface area is 112 Å². The molecule has 0 aromatic heterocycles. The summed E-state index contributed by atoms with van der Waals surface area (Å²) in [6.07, 6.45) is 1.66. The largest absolute Gasteiger partial charge is 0.480 e. The van der Waals surface area contributed by atoms with Crippen molar-refractivity contribution in [2.24, 2.45) is 0 Å². The van der Waals surface area contributed by atoms with Crippen LogP contribution in [0.1, 0.15) is 33.6 Å². The lowest BCUT2D eigenvalue weighted by Crippen LogP contribution is -2.58. The van der Waals surface area contributed by atoms with E-state index in [9.17, 15) is 9.59 Å². The van der Waals surface area contributed by atoms with E-state index in [0.29, 0.717) is 12.3 Å². The monoisotopic (exact) mass is 274 g/mol. The van der Waals surface area contributed by atoms with Gasteiger partial charge in [-0.3, -0.25) is 0 Å². The molecule has 2 N–H and O–H groups in total. The SMILES string of the molecule is CCC(C)(CC)NC(=O)N1CCSCC1C(=O)O. The van der Waals surface area contributed by atoms with Crippen LogP contribution in [-0.4, -0.2) is 51.6 Å². The van der Waals surface area contributed by atoms with Crippen LogP contribution < -0.4 is 5.32 Å². The number of carboxylic acid groups (broad SMARTS) is 1. The van der Waals surface area contributed by atoms with Gasteiger partial charge in [0, 0.05) is 23.6 Å². The van der Waals surface area contributed by atoms with Crippen molar-refractivity contribution < 1.29 is 14.7 Å². The molecule has 18 heavy (non-hydrogen) atoms. The van der Waals surface area contributed by atoms with Gasteiger partial charge in [-0.2, -0.15) is 11.8 Å². The summed E-state index contributed by atoms with van der Waals surface area (Å²) < 4.78 is 0. The summed E-state index contributed by atoms with van der Waals surface area (Å²) >= 11 is 1.58. The zero-order chi connectivity index (χ0) is 13.8. The maximum Gasteiger partial charge on any atom is 0.327 e. The fourth-order valence-electron chi connectivity index (χ4n) is 1.81. The molecule has 0 spiro atoms. The van der Waals surface area contributed by atoms with E-state index >= 15 is 0 Å². The molecular formula is C12H22N2O3S. The van der Waals surface area contributed by atoms with Gasteiger partial charge in [-0.05, 0) is 19.8 Å². The number of hydrogen-bond donors (Lipinski definition) is 2. The van der Waals surface area contributed by atoms with Crippen molar-refractivity contribution in [1.82, 2.24) is 10.2 Å². The van der Waals surface area contributed by atoms with E-state index < -0.39 is 12.0 Å². The van der Waals surface area contributed by atoms with Gasteiger partial charge >= 0.3 is 12.0 Å². The van der Waals surface area contributed by atoms with Gasteiger partial charge < -0.3 is 15.3 Å². The fourth-order valence-corrected chi connectivity index (χ4v) is 2.85. The van der Waals surface area contributed by atoms with Crippen LogP contribution in [-0.2, 0) is 4.79 Å². The molecule has 0 bridgehead atoms. The second-order valence-corrected chi connectivity index (χ2v) is 5.97. The van der Waals surface area contributed by atoms with E-state index in [1.165, 1.54) is 4.90 Å². The number of nitrogens with zero attached hydrogens (tertiary/aromatic N) is 1. The number of carboxylic acids is 1.